The van der Waals surface area contributed by atoms with Crippen molar-refractivity contribution in [1.82, 2.24) is 0 Å². The van der Waals surface area contributed by atoms with Gasteiger partial charge in [-0.25, -0.2) is 13.2 Å². The molecule has 0 amide bonds. The van der Waals surface area contributed by atoms with Gasteiger partial charge in [-0.15, -0.1) is 0 Å². The number of hydrogen-bond donors (Lipinski definition) is 0. The molecule has 0 bridgehead atoms. The summed E-state index contributed by atoms with van der Waals surface area (Å²) in [6.45, 7) is 24.5. The van der Waals surface area contributed by atoms with Gasteiger partial charge in [0.2, 0.25) is 0 Å². The van der Waals surface area contributed by atoms with E-state index in [2.05, 4.69) is 65.8 Å². The largest absolute Gasteiger partial charge is 0.207 e. The highest BCUT2D eigenvalue weighted by Gasteiger charge is 2.15. The third-order valence-corrected chi connectivity index (χ3v) is 6.93. The predicted octanol–water partition coefficient (Wildman–Crippen LogP) is 12.2. The van der Waals surface area contributed by atoms with Gasteiger partial charge in [-0.2, -0.15) is 0 Å². The Kier molecular flexibility index (Phi) is 14.1. The van der Waals surface area contributed by atoms with E-state index in [1.54, 1.807) is 19.9 Å². The molecule has 0 saturated heterocycles. The first-order valence-electron chi connectivity index (χ1n) is 14.4. The molecule has 0 atom stereocenters. The van der Waals surface area contributed by atoms with Crippen molar-refractivity contribution in [3.8, 4) is 0 Å². The molecule has 0 fully saturated rings. The molecular weight excluding hydrogens is 489 g/mol. The van der Waals surface area contributed by atoms with Gasteiger partial charge in [-0.05, 0) is 81.5 Å². The van der Waals surface area contributed by atoms with E-state index >= 15 is 0 Å². The van der Waals surface area contributed by atoms with Gasteiger partial charge in [0.05, 0.1) is 0 Å². The van der Waals surface area contributed by atoms with Crippen LogP contribution in [0.4, 0.5) is 13.2 Å². The van der Waals surface area contributed by atoms with Gasteiger partial charge in [-0.1, -0.05) is 119 Å². The van der Waals surface area contributed by atoms with Gasteiger partial charge in [0.1, 0.15) is 17.5 Å². The topological polar surface area (TPSA) is 0 Å². The number of benzene rings is 3. The molecule has 0 aliphatic carbocycles. The van der Waals surface area contributed by atoms with E-state index in [0.717, 1.165) is 11.1 Å². The van der Waals surface area contributed by atoms with Crippen LogP contribution in [0.15, 0.2) is 54.6 Å². The van der Waals surface area contributed by atoms with Crippen molar-refractivity contribution in [2.24, 2.45) is 0 Å². The second kappa shape index (κ2) is 15.9. The molecule has 0 spiro atoms. The zero-order valence-electron chi connectivity index (χ0n) is 26.3. The third kappa shape index (κ3) is 10.9. The van der Waals surface area contributed by atoms with Crippen molar-refractivity contribution < 1.29 is 13.2 Å². The summed E-state index contributed by atoms with van der Waals surface area (Å²) in [6, 6.07) is 17.4. The average Bonchev–Trinajstić information content (AvgIpc) is 2.83. The summed E-state index contributed by atoms with van der Waals surface area (Å²) in [5.41, 5.74) is 5.64. The van der Waals surface area contributed by atoms with Crippen LogP contribution in [0.3, 0.4) is 0 Å². The highest BCUT2D eigenvalue weighted by Crippen LogP contribution is 2.26. The molecule has 39 heavy (non-hydrogen) atoms. The summed E-state index contributed by atoms with van der Waals surface area (Å²) in [5, 5.41) is 0. The van der Waals surface area contributed by atoms with Gasteiger partial charge in [0, 0.05) is 5.56 Å². The molecule has 0 aliphatic rings. The Balaban J connectivity index is 0.000000293. The fourth-order valence-corrected chi connectivity index (χ4v) is 4.13. The lowest BCUT2D eigenvalue weighted by Gasteiger charge is -2.12. The molecule has 0 aromatic heterocycles. The fourth-order valence-electron chi connectivity index (χ4n) is 4.13. The van der Waals surface area contributed by atoms with Gasteiger partial charge in [0.15, 0.2) is 0 Å². The summed E-state index contributed by atoms with van der Waals surface area (Å²) >= 11 is 0. The van der Waals surface area contributed by atoms with Crippen molar-refractivity contribution in [2.45, 2.75) is 119 Å². The quantitative estimate of drug-likeness (QED) is 0.292. The number of hydrogen-bond acceptors (Lipinski definition) is 0. The molecule has 216 valence electrons. The zero-order valence-corrected chi connectivity index (χ0v) is 26.3. The minimum Gasteiger partial charge on any atom is -0.207 e. The SMILES string of the molecule is CC(C)c1cc(F)c(C(C)C)c(F)c1.CC(C)c1ccc(C(C)C)c(F)c1.CC(C)c1ccc(C(C)C)cc1. The van der Waals surface area contributed by atoms with Crippen LogP contribution < -0.4 is 0 Å². The third-order valence-electron chi connectivity index (χ3n) is 6.93. The summed E-state index contributed by atoms with van der Waals surface area (Å²) in [4.78, 5) is 0. The van der Waals surface area contributed by atoms with E-state index < -0.39 is 11.6 Å². The minimum absolute atomic E-state index is 0.0683. The average molecular weight is 541 g/mol. The molecule has 0 saturated carbocycles. The molecular formula is C36H51F3. The second-order valence-electron chi connectivity index (χ2n) is 12.3. The second-order valence-corrected chi connectivity index (χ2v) is 12.3. The highest BCUT2D eigenvalue weighted by atomic mass is 19.1. The lowest BCUT2D eigenvalue weighted by atomic mass is 9.96. The van der Waals surface area contributed by atoms with Crippen molar-refractivity contribution in [2.75, 3.05) is 0 Å². The molecule has 0 radical (unpaired) electrons. The summed E-state index contributed by atoms with van der Waals surface area (Å²) in [5.74, 6) is 1.07. The Labute approximate surface area is 237 Å². The monoisotopic (exact) mass is 540 g/mol. The standard InChI is InChI=1S/C12H16F2.C12H17F.C12H18/c1-7(2)9-5-10(13)12(8(3)4)11(14)6-9;1-8(2)10-5-6-11(9(3)4)12(13)7-10;1-9(2)11-5-7-12(8-6-11)10(3)4/h5-8H,1-4H3;5-9H,1-4H3;5-10H,1-4H3. The number of rotatable bonds is 6. The van der Waals surface area contributed by atoms with Crippen LogP contribution in [0.5, 0.6) is 0 Å². The molecule has 3 aromatic rings. The Morgan fingerprint density at radius 3 is 0.974 bits per heavy atom. The Morgan fingerprint density at radius 2 is 0.692 bits per heavy atom. The van der Waals surface area contributed by atoms with Crippen molar-refractivity contribution >= 4 is 0 Å². The first-order valence-corrected chi connectivity index (χ1v) is 14.4. The molecule has 0 unspecified atom stereocenters. The lowest BCUT2D eigenvalue weighted by Crippen LogP contribution is -2.01. The van der Waals surface area contributed by atoms with Crippen molar-refractivity contribution in [1.29, 1.82) is 0 Å². The molecule has 0 heterocycles. The maximum atomic E-state index is 13.5. The smallest absolute Gasteiger partial charge is 0.129 e. The normalized spacial score (nSPS) is 11.3. The van der Waals surface area contributed by atoms with Crippen LogP contribution in [-0.2, 0) is 0 Å². The van der Waals surface area contributed by atoms with Crippen LogP contribution in [-0.4, -0.2) is 0 Å². The van der Waals surface area contributed by atoms with E-state index in [1.165, 1.54) is 23.3 Å². The Morgan fingerprint density at radius 1 is 0.359 bits per heavy atom. The number of halogens is 3. The first kappa shape index (κ1) is 34.5. The zero-order chi connectivity index (χ0) is 30.0. The summed E-state index contributed by atoms with van der Waals surface area (Å²) in [7, 11) is 0. The van der Waals surface area contributed by atoms with Gasteiger partial charge >= 0.3 is 0 Å². The Bertz CT molecular complexity index is 1090. The van der Waals surface area contributed by atoms with Crippen LogP contribution in [0.25, 0.3) is 0 Å². The summed E-state index contributed by atoms with van der Waals surface area (Å²) in [6.07, 6.45) is 0. The van der Waals surface area contributed by atoms with E-state index in [1.807, 2.05) is 39.8 Å². The highest BCUT2D eigenvalue weighted by molar-refractivity contribution is 5.30. The van der Waals surface area contributed by atoms with E-state index in [4.69, 9.17) is 0 Å². The van der Waals surface area contributed by atoms with Crippen LogP contribution >= 0.6 is 0 Å². The summed E-state index contributed by atoms with van der Waals surface area (Å²) < 4.78 is 40.4. The van der Waals surface area contributed by atoms with Crippen LogP contribution in [0.1, 0.15) is 152 Å². The maximum absolute atomic E-state index is 13.5. The van der Waals surface area contributed by atoms with Gasteiger partial charge in [0.25, 0.3) is 0 Å². The molecule has 3 heteroatoms. The molecule has 0 aliphatic heterocycles. The van der Waals surface area contributed by atoms with E-state index in [-0.39, 0.29) is 29.1 Å². The van der Waals surface area contributed by atoms with Gasteiger partial charge in [-0.3, -0.25) is 0 Å². The van der Waals surface area contributed by atoms with Gasteiger partial charge < -0.3 is 0 Å². The fraction of sp³-hybridized carbons (Fsp3) is 0.500. The van der Waals surface area contributed by atoms with Crippen molar-refractivity contribution in [3.05, 3.63) is 105 Å². The van der Waals surface area contributed by atoms with Crippen LogP contribution in [0.2, 0.25) is 0 Å². The minimum atomic E-state index is -0.427. The maximum Gasteiger partial charge on any atom is 0.129 e. The van der Waals surface area contributed by atoms with E-state index in [0.29, 0.717) is 23.3 Å². The van der Waals surface area contributed by atoms with E-state index in [9.17, 15) is 13.2 Å². The van der Waals surface area contributed by atoms with Crippen molar-refractivity contribution in [3.63, 3.8) is 0 Å². The first-order chi connectivity index (χ1) is 18.1. The lowest BCUT2D eigenvalue weighted by molar-refractivity contribution is 0.536. The van der Waals surface area contributed by atoms with Crippen LogP contribution in [0, 0.1) is 17.5 Å². The predicted molar refractivity (Wildman–Crippen MR) is 164 cm³/mol. The molecule has 3 aromatic carbocycles. The molecule has 0 nitrogen and oxygen atoms in total. The molecule has 3 rings (SSSR count). The molecule has 0 N–H and O–H groups in total. The Hall–Kier alpha value is -2.55.